The number of aryl methyl sites for hydroxylation is 1. The Labute approximate surface area is 143 Å². The van der Waals surface area contributed by atoms with E-state index in [1.165, 1.54) is 11.1 Å². The molecule has 0 aliphatic rings. The van der Waals surface area contributed by atoms with Crippen LogP contribution in [0.2, 0.25) is 0 Å². The van der Waals surface area contributed by atoms with Gasteiger partial charge in [-0.25, -0.2) is 0 Å². The molecule has 1 aromatic heterocycles. The summed E-state index contributed by atoms with van der Waals surface area (Å²) in [6.45, 7) is 1.92. The van der Waals surface area contributed by atoms with Crippen LogP contribution in [-0.2, 0) is 20.1 Å². The van der Waals surface area contributed by atoms with Crippen LogP contribution >= 0.6 is 0 Å². The number of benzene rings is 2. The molecule has 24 heavy (non-hydrogen) atoms. The standard InChI is InChI=1S/C21H22N2O/c1-22-14-8-13-20(22)21(24)17-23(15-18-9-4-2-5-10-18)16-19-11-6-3-7-12-19/h2-14H,15-17H2,1H3. The van der Waals surface area contributed by atoms with Crippen LogP contribution in [0.15, 0.2) is 79.0 Å². The smallest absolute Gasteiger partial charge is 0.193 e. The Hall–Kier alpha value is -2.65. The maximum absolute atomic E-state index is 12.7. The van der Waals surface area contributed by atoms with E-state index in [0.717, 1.165) is 18.8 Å². The molecule has 0 saturated carbocycles. The van der Waals surface area contributed by atoms with Crippen molar-refractivity contribution >= 4 is 5.78 Å². The van der Waals surface area contributed by atoms with Gasteiger partial charge in [0.1, 0.15) is 0 Å². The van der Waals surface area contributed by atoms with Crippen molar-refractivity contribution in [1.82, 2.24) is 9.47 Å². The first kappa shape index (κ1) is 16.2. The lowest BCUT2D eigenvalue weighted by molar-refractivity contribution is 0.0912. The summed E-state index contributed by atoms with van der Waals surface area (Å²) in [4.78, 5) is 14.8. The van der Waals surface area contributed by atoms with Crippen LogP contribution in [0.5, 0.6) is 0 Å². The SMILES string of the molecule is Cn1cccc1C(=O)CN(Cc1ccccc1)Cc1ccccc1. The zero-order chi connectivity index (χ0) is 16.8. The molecule has 0 atom stereocenters. The van der Waals surface area contributed by atoms with E-state index in [-0.39, 0.29) is 5.78 Å². The Morgan fingerprint density at radius 3 is 1.83 bits per heavy atom. The van der Waals surface area contributed by atoms with E-state index in [9.17, 15) is 4.79 Å². The predicted molar refractivity (Wildman–Crippen MR) is 96.7 cm³/mol. The van der Waals surface area contributed by atoms with Crippen molar-refractivity contribution in [2.75, 3.05) is 6.54 Å². The van der Waals surface area contributed by atoms with Gasteiger partial charge in [0.2, 0.25) is 0 Å². The van der Waals surface area contributed by atoms with E-state index in [1.807, 2.05) is 66.3 Å². The van der Waals surface area contributed by atoms with Crippen molar-refractivity contribution < 1.29 is 4.79 Å². The average molecular weight is 318 g/mol. The zero-order valence-electron chi connectivity index (χ0n) is 13.9. The summed E-state index contributed by atoms with van der Waals surface area (Å²) >= 11 is 0. The first-order valence-corrected chi connectivity index (χ1v) is 8.17. The van der Waals surface area contributed by atoms with Gasteiger partial charge in [0.05, 0.1) is 12.2 Å². The van der Waals surface area contributed by atoms with Gasteiger partial charge in [0.15, 0.2) is 5.78 Å². The van der Waals surface area contributed by atoms with Gasteiger partial charge < -0.3 is 4.57 Å². The molecule has 0 bridgehead atoms. The highest BCUT2D eigenvalue weighted by atomic mass is 16.1. The molecule has 122 valence electrons. The van der Waals surface area contributed by atoms with Crippen LogP contribution < -0.4 is 0 Å². The van der Waals surface area contributed by atoms with Crippen molar-refractivity contribution in [2.45, 2.75) is 13.1 Å². The van der Waals surface area contributed by atoms with E-state index >= 15 is 0 Å². The first-order chi connectivity index (χ1) is 11.7. The summed E-state index contributed by atoms with van der Waals surface area (Å²) in [5, 5.41) is 0. The topological polar surface area (TPSA) is 25.2 Å². The fourth-order valence-electron chi connectivity index (χ4n) is 2.89. The highest BCUT2D eigenvalue weighted by molar-refractivity contribution is 5.96. The van der Waals surface area contributed by atoms with Crippen LogP contribution in [0.25, 0.3) is 0 Å². The minimum Gasteiger partial charge on any atom is -0.348 e. The molecule has 3 rings (SSSR count). The van der Waals surface area contributed by atoms with Crippen LogP contribution in [-0.4, -0.2) is 21.8 Å². The summed E-state index contributed by atoms with van der Waals surface area (Å²) in [7, 11) is 1.91. The summed E-state index contributed by atoms with van der Waals surface area (Å²) in [5.41, 5.74) is 3.18. The fourth-order valence-corrected chi connectivity index (χ4v) is 2.89. The minimum absolute atomic E-state index is 0.148. The molecule has 3 aromatic rings. The summed E-state index contributed by atoms with van der Waals surface area (Å²) in [6, 6.07) is 24.4. The fraction of sp³-hybridized carbons (Fsp3) is 0.190. The number of hydrogen-bond acceptors (Lipinski definition) is 2. The second-order valence-corrected chi connectivity index (χ2v) is 6.04. The Kier molecular flexibility index (Phi) is 5.24. The Morgan fingerprint density at radius 2 is 1.38 bits per heavy atom. The van der Waals surface area contributed by atoms with Gasteiger partial charge in [0.25, 0.3) is 0 Å². The maximum atomic E-state index is 12.7. The molecular formula is C21H22N2O. The quantitative estimate of drug-likeness (QED) is 0.617. The molecule has 0 N–H and O–H groups in total. The van der Waals surface area contributed by atoms with Gasteiger partial charge in [0, 0.05) is 26.3 Å². The molecule has 0 fully saturated rings. The Bertz CT molecular complexity index is 736. The number of rotatable bonds is 7. The molecule has 3 nitrogen and oxygen atoms in total. The van der Waals surface area contributed by atoms with Crippen LogP contribution in [0, 0.1) is 0 Å². The van der Waals surface area contributed by atoms with Crippen molar-refractivity contribution in [3.8, 4) is 0 Å². The van der Waals surface area contributed by atoms with Crippen molar-refractivity contribution in [3.63, 3.8) is 0 Å². The van der Waals surface area contributed by atoms with Gasteiger partial charge in [-0.15, -0.1) is 0 Å². The lowest BCUT2D eigenvalue weighted by atomic mass is 10.1. The molecule has 0 spiro atoms. The van der Waals surface area contributed by atoms with E-state index in [4.69, 9.17) is 0 Å². The van der Waals surface area contributed by atoms with Crippen molar-refractivity contribution in [3.05, 3.63) is 95.8 Å². The minimum atomic E-state index is 0.148. The van der Waals surface area contributed by atoms with Crippen LogP contribution in [0.4, 0.5) is 0 Å². The largest absolute Gasteiger partial charge is 0.348 e. The number of aromatic nitrogens is 1. The second kappa shape index (κ2) is 7.75. The van der Waals surface area contributed by atoms with E-state index < -0.39 is 0 Å². The van der Waals surface area contributed by atoms with Gasteiger partial charge >= 0.3 is 0 Å². The molecule has 1 heterocycles. The van der Waals surface area contributed by atoms with Crippen molar-refractivity contribution in [1.29, 1.82) is 0 Å². The van der Waals surface area contributed by atoms with Gasteiger partial charge in [-0.2, -0.15) is 0 Å². The molecule has 0 aliphatic carbocycles. The molecule has 0 radical (unpaired) electrons. The van der Waals surface area contributed by atoms with Crippen molar-refractivity contribution in [2.24, 2.45) is 7.05 Å². The number of nitrogens with zero attached hydrogens (tertiary/aromatic N) is 2. The molecule has 0 unspecified atom stereocenters. The maximum Gasteiger partial charge on any atom is 0.193 e. The first-order valence-electron chi connectivity index (χ1n) is 8.17. The monoisotopic (exact) mass is 318 g/mol. The van der Waals surface area contributed by atoms with E-state index in [0.29, 0.717) is 6.54 Å². The third kappa shape index (κ3) is 4.21. The van der Waals surface area contributed by atoms with Crippen LogP contribution in [0.1, 0.15) is 21.6 Å². The predicted octanol–water partition coefficient (Wildman–Crippen LogP) is 3.91. The number of carbonyl (C=O) groups excluding carboxylic acids is 1. The lowest BCUT2D eigenvalue weighted by Crippen LogP contribution is -2.30. The number of carbonyl (C=O) groups is 1. The Morgan fingerprint density at radius 1 is 0.833 bits per heavy atom. The summed E-state index contributed by atoms with van der Waals surface area (Å²) < 4.78 is 1.88. The molecule has 0 aliphatic heterocycles. The molecule has 2 aromatic carbocycles. The van der Waals surface area contributed by atoms with E-state index in [2.05, 4.69) is 29.2 Å². The summed E-state index contributed by atoms with van der Waals surface area (Å²) in [5.74, 6) is 0.148. The number of ketones is 1. The third-order valence-electron chi connectivity index (χ3n) is 4.09. The van der Waals surface area contributed by atoms with Gasteiger partial charge in [-0.1, -0.05) is 60.7 Å². The highest BCUT2D eigenvalue weighted by Crippen LogP contribution is 2.12. The number of hydrogen-bond donors (Lipinski definition) is 0. The molecule has 0 amide bonds. The van der Waals surface area contributed by atoms with Gasteiger partial charge in [-0.3, -0.25) is 9.69 Å². The average Bonchev–Trinajstić information content (AvgIpc) is 3.03. The third-order valence-corrected chi connectivity index (χ3v) is 4.09. The van der Waals surface area contributed by atoms with Gasteiger partial charge in [-0.05, 0) is 23.3 Å². The second-order valence-electron chi connectivity index (χ2n) is 6.04. The lowest BCUT2D eigenvalue weighted by Gasteiger charge is -2.22. The zero-order valence-corrected chi connectivity index (χ0v) is 13.9. The highest BCUT2D eigenvalue weighted by Gasteiger charge is 2.15. The normalized spacial score (nSPS) is 10.9. The Balaban J connectivity index is 1.76. The van der Waals surface area contributed by atoms with Crippen LogP contribution in [0.3, 0.4) is 0 Å². The van der Waals surface area contributed by atoms with E-state index in [1.54, 1.807) is 0 Å². The number of Topliss-reactive ketones (excluding diaryl/α,β-unsaturated/α-hetero) is 1. The summed E-state index contributed by atoms with van der Waals surface area (Å²) in [6.07, 6.45) is 1.91. The molecule has 3 heteroatoms. The molecular weight excluding hydrogens is 296 g/mol. The molecule has 0 saturated heterocycles.